The second-order valence-electron chi connectivity index (χ2n) is 8.03. The number of carbonyl (C=O) groups excluding carboxylic acids is 1. The molecule has 1 aliphatic rings. The van der Waals surface area contributed by atoms with Gasteiger partial charge < -0.3 is 14.8 Å². The average Bonchev–Trinajstić information content (AvgIpc) is 3.35. The Hall–Kier alpha value is -3.19. The lowest BCUT2D eigenvalue weighted by Crippen LogP contribution is -2.39. The summed E-state index contributed by atoms with van der Waals surface area (Å²) in [5, 5.41) is 3.71. The third kappa shape index (κ3) is 3.81. The summed E-state index contributed by atoms with van der Waals surface area (Å²) in [6, 6.07) is 16.3. The largest absolute Gasteiger partial charge is 0.355 e. The molecule has 158 valence electrons. The fraction of sp³-hybridized carbons (Fsp3) is 0.292. The number of thiazole rings is 1. The molecule has 1 aliphatic heterocycles. The zero-order chi connectivity index (χ0) is 21.4. The van der Waals surface area contributed by atoms with Crippen LogP contribution >= 0.6 is 11.3 Å². The maximum atomic E-state index is 12.8. The molecular weight excluding hydrogens is 406 g/mol. The van der Waals surface area contributed by atoms with Crippen LogP contribution in [0.15, 0.2) is 54.7 Å². The van der Waals surface area contributed by atoms with Gasteiger partial charge in [0.25, 0.3) is 0 Å². The maximum Gasteiger partial charge on any atom is 0.229 e. The average molecular weight is 432 g/mol. The van der Waals surface area contributed by atoms with Gasteiger partial charge in [0.15, 0.2) is 10.9 Å². The highest BCUT2D eigenvalue weighted by Gasteiger charge is 2.27. The Morgan fingerprint density at radius 3 is 2.52 bits per heavy atom. The third-order valence-electron chi connectivity index (χ3n) is 5.97. The first-order valence-electron chi connectivity index (χ1n) is 10.6. The first kappa shape index (κ1) is 19.8. The number of benzene rings is 1. The number of piperidine rings is 1. The summed E-state index contributed by atoms with van der Waals surface area (Å²) < 4.78 is 3.33. The van der Waals surface area contributed by atoms with Gasteiger partial charge in [-0.1, -0.05) is 23.5 Å². The molecule has 3 aromatic heterocycles. The second-order valence-corrected chi connectivity index (χ2v) is 9.07. The number of carbonyl (C=O) groups is 1. The topological polar surface area (TPSA) is 63.1 Å². The maximum absolute atomic E-state index is 12.8. The number of nitrogens with zero attached hydrogens (tertiary/aromatic N) is 4. The van der Waals surface area contributed by atoms with Gasteiger partial charge in [-0.2, -0.15) is 0 Å². The summed E-state index contributed by atoms with van der Waals surface area (Å²) in [4.78, 5) is 24.4. The quantitative estimate of drug-likeness (QED) is 0.496. The van der Waals surface area contributed by atoms with Gasteiger partial charge in [0.05, 0.1) is 15.9 Å². The number of hydrogen-bond donors (Lipinski definition) is 1. The normalized spacial score (nSPS) is 14.8. The van der Waals surface area contributed by atoms with Gasteiger partial charge in [0.1, 0.15) is 0 Å². The van der Waals surface area contributed by atoms with Crippen molar-refractivity contribution in [3.05, 3.63) is 66.1 Å². The molecule has 0 bridgehead atoms. The number of hydrogen-bond acceptors (Lipinski definition) is 5. The molecule has 1 N–H and O–H groups in total. The molecule has 4 heterocycles. The molecular formula is C24H25N5OS. The van der Waals surface area contributed by atoms with Crippen LogP contribution < -0.4 is 10.2 Å². The van der Waals surface area contributed by atoms with E-state index in [2.05, 4.69) is 51.8 Å². The zero-order valence-corrected chi connectivity index (χ0v) is 18.5. The Balaban J connectivity index is 1.28. The fourth-order valence-electron chi connectivity index (χ4n) is 4.34. The highest BCUT2D eigenvalue weighted by atomic mass is 32.1. The van der Waals surface area contributed by atoms with E-state index in [1.807, 2.05) is 36.5 Å². The summed E-state index contributed by atoms with van der Waals surface area (Å²) in [5.41, 5.74) is 4.41. The Bertz CT molecular complexity index is 1180. The Morgan fingerprint density at radius 2 is 1.77 bits per heavy atom. The number of fused-ring (bicyclic) bond motifs is 1. The highest BCUT2D eigenvalue weighted by Crippen LogP contribution is 2.30. The van der Waals surface area contributed by atoms with Gasteiger partial charge in [0, 0.05) is 36.6 Å². The molecule has 0 spiro atoms. The van der Waals surface area contributed by atoms with Gasteiger partial charge in [-0.25, -0.2) is 9.97 Å². The summed E-state index contributed by atoms with van der Waals surface area (Å²) in [6.45, 7) is 5.84. The molecule has 1 fully saturated rings. The SMILES string of the molecule is Cc1ccc(C)n1-c1cccnc1N1CCC(C(=O)Nc2nc3ccccc3s2)CC1. The summed E-state index contributed by atoms with van der Waals surface area (Å²) >= 11 is 1.52. The Morgan fingerprint density at radius 1 is 1.03 bits per heavy atom. The van der Waals surface area contributed by atoms with Gasteiger partial charge in [-0.3, -0.25) is 4.79 Å². The molecule has 0 atom stereocenters. The van der Waals surface area contributed by atoms with Crippen molar-refractivity contribution in [1.29, 1.82) is 0 Å². The number of nitrogens with one attached hydrogen (secondary N) is 1. The van der Waals surface area contributed by atoms with E-state index < -0.39 is 0 Å². The van der Waals surface area contributed by atoms with E-state index in [1.165, 1.54) is 22.7 Å². The van der Waals surface area contributed by atoms with Crippen LogP contribution in [-0.2, 0) is 4.79 Å². The van der Waals surface area contributed by atoms with E-state index in [0.29, 0.717) is 5.13 Å². The number of para-hydroxylation sites is 1. The van der Waals surface area contributed by atoms with Crippen molar-refractivity contribution in [1.82, 2.24) is 14.5 Å². The van der Waals surface area contributed by atoms with Gasteiger partial charge in [0.2, 0.25) is 5.91 Å². The van der Waals surface area contributed by atoms with E-state index in [-0.39, 0.29) is 11.8 Å². The van der Waals surface area contributed by atoms with Crippen LogP contribution in [0, 0.1) is 19.8 Å². The van der Waals surface area contributed by atoms with Crippen LogP contribution in [0.2, 0.25) is 0 Å². The van der Waals surface area contributed by atoms with Crippen LogP contribution in [0.5, 0.6) is 0 Å². The van der Waals surface area contributed by atoms with Crippen LogP contribution in [0.25, 0.3) is 15.9 Å². The molecule has 0 aliphatic carbocycles. The van der Waals surface area contributed by atoms with Crippen molar-refractivity contribution in [2.24, 2.45) is 5.92 Å². The predicted molar refractivity (Wildman–Crippen MR) is 126 cm³/mol. The monoisotopic (exact) mass is 431 g/mol. The first-order chi connectivity index (χ1) is 15.1. The minimum atomic E-state index is -0.00882. The van der Waals surface area contributed by atoms with Crippen molar-refractivity contribution in [2.45, 2.75) is 26.7 Å². The zero-order valence-electron chi connectivity index (χ0n) is 17.7. The van der Waals surface area contributed by atoms with E-state index in [1.54, 1.807) is 0 Å². The molecule has 7 heteroatoms. The molecule has 0 saturated carbocycles. The Labute approximate surface area is 185 Å². The van der Waals surface area contributed by atoms with Crippen LogP contribution in [0.3, 0.4) is 0 Å². The second kappa shape index (κ2) is 8.15. The van der Waals surface area contributed by atoms with Crippen molar-refractivity contribution >= 4 is 38.4 Å². The van der Waals surface area contributed by atoms with E-state index in [0.717, 1.165) is 47.7 Å². The standard InChI is InChI=1S/C24H25N5OS/c1-16-9-10-17(2)29(16)20-7-5-13-25-22(20)28-14-11-18(12-15-28)23(30)27-24-26-19-6-3-4-8-21(19)31-24/h3-10,13,18H,11-12,14-15H2,1-2H3,(H,26,27,30). The van der Waals surface area contributed by atoms with E-state index in [4.69, 9.17) is 4.98 Å². The smallest absolute Gasteiger partial charge is 0.229 e. The van der Waals surface area contributed by atoms with Crippen molar-refractivity contribution in [3.63, 3.8) is 0 Å². The molecule has 1 aromatic carbocycles. The highest BCUT2D eigenvalue weighted by molar-refractivity contribution is 7.22. The number of aryl methyl sites for hydroxylation is 2. The number of aromatic nitrogens is 3. The predicted octanol–water partition coefficient (Wildman–Crippen LogP) is 4.95. The lowest BCUT2D eigenvalue weighted by molar-refractivity contribution is -0.120. The molecule has 1 amide bonds. The molecule has 0 radical (unpaired) electrons. The van der Waals surface area contributed by atoms with Gasteiger partial charge in [-0.05, 0) is 63.1 Å². The third-order valence-corrected chi connectivity index (χ3v) is 6.92. The number of amides is 1. The molecule has 0 unspecified atom stereocenters. The summed E-state index contributed by atoms with van der Waals surface area (Å²) in [6.07, 6.45) is 3.45. The van der Waals surface area contributed by atoms with E-state index in [9.17, 15) is 4.79 Å². The minimum absolute atomic E-state index is 0.00882. The molecule has 4 aromatic rings. The summed E-state index contributed by atoms with van der Waals surface area (Å²) in [5.74, 6) is 1.04. The molecule has 5 rings (SSSR count). The number of anilines is 2. The van der Waals surface area contributed by atoms with Crippen molar-refractivity contribution in [2.75, 3.05) is 23.3 Å². The fourth-order valence-corrected chi connectivity index (χ4v) is 5.21. The summed E-state index contributed by atoms with van der Waals surface area (Å²) in [7, 11) is 0. The van der Waals surface area contributed by atoms with Crippen LogP contribution in [0.1, 0.15) is 24.2 Å². The molecule has 31 heavy (non-hydrogen) atoms. The lowest BCUT2D eigenvalue weighted by atomic mass is 9.96. The Kier molecular flexibility index (Phi) is 5.19. The van der Waals surface area contributed by atoms with Gasteiger partial charge >= 0.3 is 0 Å². The number of rotatable bonds is 4. The lowest BCUT2D eigenvalue weighted by Gasteiger charge is -2.33. The van der Waals surface area contributed by atoms with Gasteiger partial charge in [-0.15, -0.1) is 0 Å². The van der Waals surface area contributed by atoms with Crippen LogP contribution in [-0.4, -0.2) is 33.5 Å². The molecule has 6 nitrogen and oxygen atoms in total. The first-order valence-corrected chi connectivity index (χ1v) is 11.4. The minimum Gasteiger partial charge on any atom is -0.355 e. The van der Waals surface area contributed by atoms with E-state index >= 15 is 0 Å². The van der Waals surface area contributed by atoms with Crippen molar-refractivity contribution < 1.29 is 4.79 Å². The number of pyridine rings is 1. The van der Waals surface area contributed by atoms with Crippen molar-refractivity contribution in [3.8, 4) is 5.69 Å². The molecule has 1 saturated heterocycles. The van der Waals surface area contributed by atoms with Crippen LogP contribution in [0.4, 0.5) is 10.9 Å².